The maximum absolute atomic E-state index is 4.44. The molecule has 3 nitrogen and oxygen atoms in total. The highest BCUT2D eigenvalue weighted by molar-refractivity contribution is 5.24. The van der Waals surface area contributed by atoms with E-state index in [1.807, 2.05) is 6.20 Å². The Balaban J connectivity index is 1.95. The molecular formula is C16H23N3. The SMILES string of the molecule is Cc1ccc(Cc2ncc(CNC(C)(C)C)[nH]2)cc1. The van der Waals surface area contributed by atoms with E-state index in [4.69, 9.17) is 0 Å². The number of hydrogen-bond acceptors (Lipinski definition) is 2. The summed E-state index contributed by atoms with van der Waals surface area (Å²) in [5, 5.41) is 3.45. The van der Waals surface area contributed by atoms with Gasteiger partial charge >= 0.3 is 0 Å². The van der Waals surface area contributed by atoms with Crippen LogP contribution in [-0.4, -0.2) is 15.5 Å². The van der Waals surface area contributed by atoms with Gasteiger partial charge in [-0.15, -0.1) is 0 Å². The van der Waals surface area contributed by atoms with E-state index in [2.05, 4.69) is 67.2 Å². The molecule has 0 aliphatic rings. The van der Waals surface area contributed by atoms with E-state index in [1.54, 1.807) is 0 Å². The summed E-state index contributed by atoms with van der Waals surface area (Å²) in [6, 6.07) is 8.59. The zero-order valence-corrected chi connectivity index (χ0v) is 12.2. The molecule has 0 spiro atoms. The second-order valence-corrected chi connectivity index (χ2v) is 6.12. The van der Waals surface area contributed by atoms with Gasteiger partial charge in [0.25, 0.3) is 0 Å². The summed E-state index contributed by atoms with van der Waals surface area (Å²) in [4.78, 5) is 7.81. The number of nitrogens with one attached hydrogen (secondary N) is 2. The number of hydrogen-bond donors (Lipinski definition) is 2. The van der Waals surface area contributed by atoms with Crippen LogP contribution in [0.1, 0.15) is 43.4 Å². The third-order valence-electron chi connectivity index (χ3n) is 2.98. The summed E-state index contributed by atoms with van der Waals surface area (Å²) >= 11 is 0. The van der Waals surface area contributed by atoms with Crippen molar-refractivity contribution in [3.8, 4) is 0 Å². The average Bonchev–Trinajstić information content (AvgIpc) is 2.77. The second kappa shape index (κ2) is 5.57. The smallest absolute Gasteiger partial charge is 0.110 e. The van der Waals surface area contributed by atoms with E-state index >= 15 is 0 Å². The van der Waals surface area contributed by atoms with Gasteiger partial charge in [0.1, 0.15) is 5.82 Å². The Hall–Kier alpha value is -1.61. The topological polar surface area (TPSA) is 40.7 Å². The standard InChI is InChI=1S/C16H23N3/c1-12-5-7-13(8-6-12)9-15-17-10-14(19-15)11-18-16(2,3)4/h5-8,10,18H,9,11H2,1-4H3,(H,17,19). The molecule has 0 amide bonds. The van der Waals surface area contributed by atoms with Crippen molar-refractivity contribution in [3.05, 3.63) is 53.1 Å². The minimum absolute atomic E-state index is 0.127. The molecule has 2 rings (SSSR count). The van der Waals surface area contributed by atoms with Crippen LogP contribution in [0.3, 0.4) is 0 Å². The number of H-pyrrole nitrogens is 1. The van der Waals surface area contributed by atoms with Gasteiger partial charge in [-0.1, -0.05) is 29.8 Å². The van der Waals surface area contributed by atoms with E-state index < -0.39 is 0 Å². The predicted molar refractivity (Wildman–Crippen MR) is 79.2 cm³/mol. The van der Waals surface area contributed by atoms with Gasteiger partial charge in [-0.25, -0.2) is 4.98 Å². The Kier molecular flexibility index (Phi) is 4.05. The van der Waals surface area contributed by atoms with Gasteiger partial charge in [0.15, 0.2) is 0 Å². The van der Waals surface area contributed by atoms with Crippen LogP contribution in [0, 0.1) is 6.92 Å². The normalized spacial score (nSPS) is 11.8. The van der Waals surface area contributed by atoms with Crippen LogP contribution in [-0.2, 0) is 13.0 Å². The molecule has 0 saturated heterocycles. The van der Waals surface area contributed by atoms with Crippen LogP contribution < -0.4 is 5.32 Å². The fourth-order valence-electron chi connectivity index (χ4n) is 1.85. The monoisotopic (exact) mass is 257 g/mol. The van der Waals surface area contributed by atoms with Crippen LogP contribution >= 0.6 is 0 Å². The molecule has 0 fully saturated rings. The summed E-state index contributed by atoms with van der Waals surface area (Å²) in [7, 11) is 0. The first kappa shape index (κ1) is 13.8. The van der Waals surface area contributed by atoms with Gasteiger partial charge in [-0.2, -0.15) is 0 Å². The van der Waals surface area contributed by atoms with Crippen molar-refractivity contribution in [2.24, 2.45) is 0 Å². The fourth-order valence-corrected chi connectivity index (χ4v) is 1.85. The van der Waals surface area contributed by atoms with E-state index in [9.17, 15) is 0 Å². The van der Waals surface area contributed by atoms with E-state index in [0.29, 0.717) is 0 Å². The largest absolute Gasteiger partial charge is 0.345 e. The minimum atomic E-state index is 0.127. The molecule has 0 aliphatic heterocycles. The first-order valence-corrected chi connectivity index (χ1v) is 6.76. The zero-order chi connectivity index (χ0) is 13.9. The van der Waals surface area contributed by atoms with Crippen molar-refractivity contribution in [1.29, 1.82) is 0 Å². The van der Waals surface area contributed by atoms with Crippen molar-refractivity contribution < 1.29 is 0 Å². The molecule has 1 heterocycles. The van der Waals surface area contributed by atoms with E-state index in [-0.39, 0.29) is 5.54 Å². The first-order valence-electron chi connectivity index (χ1n) is 6.76. The quantitative estimate of drug-likeness (QED) is 0.883. The highest BCUT2D eigenvalue weighted by Crippen LogP contribution is 2.09. The van der Waals surface area contributed by atoms with Gasteiger partial charge in [-0.05, 0) is 33.3 Å². The first-order chi connectivity index (χ1) is 8.92. The molecule has 0 atom stereocenters. The molecule has 2 aromatic rings. The fraction of sp³-hybridized carbons (Fsp3) is 0.438. The van der Waals surface area contributed by atoms with Crippen LogP contribution in [0.25, 0.3) is 0 Å². The molecule has 0 saturated carbocycles. The van der Waals surface area contributed by atoms with Crippen LogP contribution in [0.15, 0.2) is 30.5 Å². The lowest BCUT2D eigenvalue weighted by Gasteiger charge is -2.19. The molecular weight excluding hydrogens is 234 g/mol. The van der Waals surface area contributed by atoms with Gasteiger partial charge in [-0.3, -0.25) is 0 Å². The number of aromatic nitrogens is 2. The van der Waals surface area contributed by atoms with Crippen LogP contribution in [0.4, 0.5) is 0 Å². The summed E-state index contributed by atoms with van der Waals surface area (Å²) in [6.07, 6.45) is 2.78. The molecule has 102 valence electrons. The zero-order valence-electron chi connectivity index (χ0n) is 12.2. The Bertz CT molecular complexity index is 518. The Morgan fingerprint density at radius 3 is 2.47 bits per heavy atom. The molecule has 0 unspecified atom stereocenters. The lowest BCUT2D eigenvalue weighted by molar-refractivity contribution is 0.421. The number of imidazole rings is 1. The highest BCUT2D eigenvalue weighted by Gasteiger charge is 2.09. The van der Waals surface area contributed by atoms with Crippen molar-refractivity contribution in [2.75, 3.05) is 0 Å². The molecule has 0 aliphatic carbocycles. The number of nitrogens with zero attached hydrogens (tertiary/aromatic N) is 1. The molecule has 3 heteroatoms. The molecule has 0 radical (unpaired) electrons. The molecule has 2 N–H and O–H groups in total. The second-order valence-electron chi connectivity index (χ2n) is 6.12. The maximum atomic E-state index is 4.44. The molecule has 0 bridgehead atoms. The van der Waals surface area contributed by atoms with Gasteiger partial charge in [0, 0.05) is 30.4 Å². The number of rotatable bonds is 4. The van der Waals surface area contributed by atoms with E-state index in [0.717, 1.165) is 24.5 Å². The summed E-state index contributed by atoms with van der Waals surface area (Å²) in [5.74, 6) is 1.02. The maximum Gasteiger partial charge on any atom is 0.110 e. The Morgan fingerprint density at radius 2 is 1.84 bits per heavy atom. The summed E-state index contributed by atoms with van der Waals surface area (Å²) in [5.41, 5.74) is 3.84. The van der Waals surface area contributed by atoms with Gasteiger partial charge in [0.05, 0.1) is 0 Å². The van der Waals surface area contributed by atoms with Gasteiger partial charge in [0.2, 0.25) is 0 Å². The van der Waals surface area contributed by atoms with Gasteiger partial charge < -0.3 is 10.3 Å². The van der Waals surface area contributed by atoms with Crippen LogP contribution in [0.2, 0.25) is 0 Å². The molecule has 1 aromatic carbocycles. The molecule has 19 heavy (non-hydrogen) atoms. The molecule has 1 aromatic heterocycles. The Labute approximate surface area is 115 Å². The third-order valence-corrected chi connectivity index (χ3v) is 2.98. The third kappa shape index (κ3) is 4.52. The van der Waals surface area contributed by atoms with Crippen molar-refractivity contribution in [1.82, 2.24) is 15.3 Å². The average molecular weight is 257 g/mol. The van der Waals surface area contributed by atoms with Crippen LogP contribution in [0.5, 0.6) is 0 Å². The predicted octanol–water partition coefficient (Wildman–Crippen LogP) is 3.20. The lowest BCUT2D eigenvalue weighted by atomic mass is 10.1. The number of benzene rings is 1. The minimum Gasteiger partial charge on any atom is -0.345 e. The lowest BCUT2D eigenvalue weighted by Crippen LogP contribution is -2.35. The summed E-state index contributed by atoms with van der Waals surface area (Å²) < 4.78 is 0. The van der Waals surface area contributed by atoms with Crippen molar-refractivity contribution in [3.63, 3.8) is 0 Å². The summed E-state index contributed by atoms with van der Waals surface area (Å²) in [6.45, 7) is 9.42. The van der Waals surface area contributed by atoms with Crippen molar-refractivity contribution >= 4 is 0 Å². The number of aromatic amines is 1. The van der Waals surface area contributed by atoms with Crippen molar-refractivity contribution in [2.45, 2.75) is 46.2 Å². The van der Waals surface area contributed by atoms with E-state index in [1.165, 1.54) is 11.1 Å². The highest BCUT2D eigenvalue weighted by atomic mass is 15.0. The number of aryl methyl sites for hydroxylation is 1. The Morgan fingerprint density at radius 1 is 1.16 bits per heavy atom.